The number of carbonyl (C=O) groups is 3. The predicted molar refractivity (Wildman–Crippen MR) is 86.0 cm³/mol. The van der Waals surface area contributed by atoms with Crippen LogP contribution in [0.15, 0.2) is 23.2 Å². The molecule has 0 aromatic heterocycles. The van der Waals surface area contributed by atoms with E-state index in [1.165, 1.54) is 6.08 Å². The zero-order chi connectivity index (χ0) is 18.7. The summed E-state index contributed by atoms with van der Waals surface area (Å²) in [7, 11) is -2.17. The van der Waals surface area contributed by atoms with Crippen molar-refractivity contribution in [2.24, 2.45) is 11.5 Å². The van der Waals surface area contributed by atoms with Gasteiger partial charge in [0.2, 0.25) is 11.6 Å². The van der Waals surface area contributed by atoms with Gasteiger partial charge in [0.15, 0.2) is 0 Å². The van der Waals surface area contributed by atoms with Crippen LogP contribution in [-0.2, 0) is 9.59 Å². The molecule has 1 aliphatic carbocycles. The first-order valence-corrected chi connectivity index (χ1v) is 7.61. The Bertz CT molecular complexity index is 630. The van der Waals surface area contributed by atoms with Gasteiger partial charge in [0.1, 0.15) is 11.4 Å². The van der Waals surface area contributed by atoms with Crippen molar-refractivity contribution in [3.63, 3.8) is 0 Å². The van der Waals surface area contributed by atoms with Gasteiger partial charge in [-0.3, -0.25) is 9.59 Å². The molecule has 12 heteroatoms. The molecule has 3 fully saturated rings. The molecule has 0 atom stereocenters. The van der Waals surface area contributed by atoms with Gasteiger partial charge in [-0.05, 0) is 0 Å². The minimum atomic E-state index is -2.17. The lowest BCUT2D eigenvalue weighted by molar-refractivity contribution is -0.117. The molecule has 0 bridgehead atoms. The van der Waals surface area contributed by atoms with Crippen LogP contribution in [0.25, 0.3) is 0 Å². The highest BCUT2D eigenvalue weighted by molar-refractivity contribution is 6.30. The summed E-state index contributed by atoms with van der Waals surface area (Å²) in [5.41, 5.74) is 10.4. The second kappa shape index (κ2) is 7.55. The van der Waals surface area contributed by atoms with Crippen LogP contribution >= 0.6 is 0 Å². The highest BCUT2D eigenvalue weighted by Crippen LogP contribution is 2.33. The van der Waals surface area contributed by atoms with Crippen molar-refractivity contribution in [2.75, 3.05) is 39.3 Å². The number of amides is 2. The number of rotatable bonds is 3. The Balaban J connectivity index is 0.000000241. The topological polar surface area (TPSA) is 173 Å². The van der Waals surface area contributed by atoms with E-state index in [0.29, 0.717) is 17.1 Å². The molecular weight excluding hydrogens is 333 g/mol. The Kier molecular flexibility index (Phi) is 5.67. The molecule has 136 valence electrons. The van der Waals surface area contributed by atoms with E-state index in [1.807, 2.05) is 14.7 Å². The number of carbonyl (C=O) groups excluding carboxylic acids is 3. The van der Waals surface area contributed by atoms with Crippen molar-refractivity contribution in [1.29, 1.82) is 0 Å². The summed E-state index contributed by atoms with van der Waals surface area (Å²) in [6.45, 7) is 5.41. The maximum atomic E-state index is 12.4. The number of ketones is 2. The summed E-state index contributed by atoms with van der Waals surface area (Å²) in [6, 6.07) is -0.833. The summed E-state index contributed by atoms with van der Waals surface area (Å²) < 4.78 is 0. The largest absolute Gasteiger partial charge is 0.631 e. The highest BCUT2D eigenvalue weighted by atomic mass is 16.5. The van der Waals surface area contributed by atoms with Gasteiger partial charge in [-0.15, -0.1) is 0 Å². The standard InChI is InChI=1S/C12H13N3O2.CH4N2O.BH3O3/c16-9-7-8(13-1-2-13)12(17)11(15-5-6-15)10(9)14-3-4-14;2*2-1(3)4/h7H,1-6H2;(H4,2,3,4);2-4H. The fraction of sp³-hybridized carbons (Fsp3) is 0.462. The summed E-state index contributed by atoms with van der Waals surface area (Å²) >= 11 is 0. The molecule has 3 saturated heterocycles. The van der Waals surface area contributed by atoms with E-state index in [-0.39, 0.29) is 11.6 Å². The number of primary amides is 2. The van der Waals surface area contributed by atoms with E-state index in [2.05, 4.69) is 11.5 Å². The van der Waals surface area contributed by atoms with Gasteiger partial charge in [0, 0.05) is 45.3 Å². The Morgan fingerprint density at radius 3 is 1.60 bits per heavy atom. The third-order valence-corrected chi connectivity index (χ3v) is 3.49. The maximum absolute atomic E-state index is 12.4. The molecule has 4 rings (SSSR count). The zero-order valence-corrected chi connectivity index (χ0v) is 13.5. The van der Waals surface area contributed by atoms with Crippen LogP contribution in [0.1, 0.15) is 0 Å². The van der Waals surface area contributed by atoms with E-state index >= 15 is 0 Å². The number of Topliss-reactive ketones (excluding diaryl/α,β-unsaturated/α-hetero) is 1. The van der Waals surface area contributed by atoms with Crippen LogP contribution in [0.3, 0.4) is 0 Å². The smallest absolute Gasteiger partial charge is 0.402 e. The monoisotopic (exact) mass is 353 g/mol. The Hall–Kier alpha value is -2.57. The zero-order valence-electron chi connectivity index (χ0n) is 13.5. The lowest BCUT2D eigenvalue weighted by Crippen LogP contribution is -2.29. The van der Waals surface area contributed by atoms with Crippen molar-refractivity contribution < 1.29 is 29.5 Å². The van der Waals surface area contributed by atoms with Crippen molar-refractivity contribution in [3.8, 4) is 0 Å². The van der Waals surface area contributed by atoms with Crippen molar-refractivity contribution >= 4 is 24.9 Å². The molecule has 0 unspecified atom stereocenters. The maximum Gasteiger partial charge on any atom is 0.631 e. The van der Waals surface area contributed by atoms with Gasteiger partial charge in [-0.1, -0.05) is 0 Å². The molecule has 4 aliphatic rings. The summed E-state index contributed by atoms with van der Waals surface area (Å²) in [6.07, 6.45) is 1.52. The third kappa shape index (κ3) is 5.48. The van der Waals surface area contributed by atoms with Gasteiger partial charge in [-0.25, -0.2) is 4.79 Å². The van der Waals surface area contributed by atoms with Gasteiger partial charge in [0.25, 0.3) is 0 Å². The van der Waals surface area contributed by atoms with Crippen molar-refractivity contribution in [2.45, 2.75) is 0 Å². The second-order valence-electron chi connectivity index (χ2n) is 5.63. The van der Waals surface area contributed by atoms with Crippen LogP contribution in [0.5, 0.6) is 0 Å². The van der Waals surface area contributed by atoms with E-state index in [9.17, 15) is 9.59 Å². The first kappa shape index (κ1) is 18.8. The fourth-order valence-electron chi connectivity index (χ4n) is 2.28. The van der Waals surface area contributed by atoms with Crippen LogP contribution < -0.4 is 11.5 Å². The quantitative estimate of drug-likeness (QED) is 0.193. The lowest BCUT2D eigenvalue weighted by Gasteiger charge is -2.21. The second-order valence-corrected chi connectivity index (χ2v) is 5.63. The number of nitrogens with two attached hydrogens (primary N) is 2. The average molecular weight is 353 g/mol. The van der Waals surface area contributed by atoms with E-state index in [1.54, 1.807) is 0 Å². The highest BCUT2D eigenvalue weighted by Gasteiger charge is 2.43. The molecule has 11 nitrogen and oxygen atoms in total. The Labute approximate surface area is 143 Å². The summed E-state index contributed by atoms with van der Waals surface area (Å²) in [4.78, 5) is 39.5. The number of urea groups is 1. The number of hydrogen-bond donors (Lipinski definition) is 5. The Morgan fingerprint density at radius 2 is 1.24 bits per heavy atom. The first-order chi connectivity index (χ1) is 11.7. The molecule has 2 amide bonds. The van der Waals surface area contributed by atoms with Gasteiger partial charge >= 0.3 is 13.4 Å². The SMILES string of the molecule is NC(N)=O.O=C1C=C(N2CC2)C(=O)C(N2CC2)=C1N1CC1.OB(O)O. The number of allylic oxidation sites excluding steroid dienone is 1. The Morgan fingerprint density at radius 1 is 0.880 bits per heavy atom. The molecule has 0 aromatic carbocycles. The minimum Gasteiger partial charge on any atom is -0.402 e. The molecule has 0 saturated carbocycles. The number of nitrogens with zero attached hydrogens (tertiary/aromatic N) is 3. The fourth-order valence-corrected chi connectivity index (χ4v) is 2.28. The molecular formula is C13H20BN5O6. The molecule has 0 aromatic rings. The van der Waals surface area contributed by atoms with Gasteiger partial charge in [0.05, 0.1) is 5.70 Å². The van der Waals surface area contributed by atoms with Crippen LogP contribution in [0, 0.1) is 0 Å². The summed E-state index contributed by atoms with van der Waals surface area (Å²) in [5, 5.41) is 21.5. The number of hydrogen-bond acceptors (Lipinski definition) is 9. The molecule has 3 heterocycles. The van der Waals surface area contributed by atoms with Gasteiger partial charge in [-0.2, -0.15) is 0 Å². The molecule has 0 spiro atoms. The van der Waals surface area contributed by atoms with Crippen LogP contribution in [0.4, 0.5) is 4.79 Å². The van der Waals surface area contributed by atoms with E-state index in [0.717, 1.165) is 39.3 Å². The van der Waals surface area contributed by atoms with Crippen molar-refractivity contribution in [1.82, 2.24) is 14.7 Å². The van der Waals surface area contributed by atoms with Crippen LogP contribution in [-0.4, -0.2) is 94.0 Å². The molecule has 3 aliphatic heterocycles. The predicted octanol–water partition coefficient (Wildman–Crippen LogP) is -3.85. The minimum absolute atomic E-state index is 0.00546. The van der Waals surface area contributed by atoms with E-state index < -0.39 is 13.4 Å². The van der Waals surface area contributed by atoms with Crippen LogP contribution in [0.2, 0.25) is 0 Å². The lowest BCUT2D eigenvalue weighted by atomic mass is 10.0. The first-order valence-electron chi connectivity index (χ1n) is 7.61. The summed E-state index contributed by atoms with van der Waals surface area (Å²) in [5.74, 6) is 0.0485. The normalized spacial score (nSPS) is 20.1. The van der Waals surface area contributed by atoms with Gasteiger partial charge < -0.3 is 41.2 Å². The third-order valence-electron chi connectivity index (χ3n) is 3.49. The molecule has 25 heavy (non-hydrogen) atoms. The van der Waals surface area contributed by atoms with E-state index in [4.69, 9.17) is 19.9 Å². The average Bonchev–Trinajstić information content (AvgIpc) is 3.36. The molecule has 0 radical (unpaired) electrons. The van der Waals surface area contributed by atoms with Crippen molar-refractivity contribution in [3.05, 3.63) is 23.2 Å². The molecule has 7 N–H and O–H groups in total.